The molecule has 3 rings (SSSR count). The van der Waals surface area contributed by atoms with Crippen molar-refractivity contribution in [1.29, 1.82) is 5.26 Å². The Hall–Kier alpha value is -2.82. The molecule has 0 fully saturated rings. The molecule has 2 aromatic carbocycles. The van der Waals surface area contributed by atoms with E-state index in [0.717, 1.165) is 0 Å². The maximum absolute atomic E-state index is 14.2. The van der Waals surface area contributed by atoms with Gasteiger partial charge in [-0.2, -0.15) is 18.4 Å². The Morgan fingerprint density at radius 3 is 2.50 bits per heavy atom. The third-order valence-corrected chi connectivity index (χ3v) is 5.28. The van der Waals surface area contributed by atoms with Gasteiger partial charge < -0.3 is 5.32 Å². The van der Waals surface area contributed by atoms with Crippen LogP contribution in [0.5, 0.6) is 0 Å². The van der Waals surface area contributed by atoms with Crippen LogP contribution in [0.25, 0.3) is 0 Å². The summed E-state index contributed by atoms with van der Waals surface area (Å²) in [6, 6.07) is 10.6. The Bertz CT molecular complexity index is 1070. The minimum Gasteiger partial charge on any atom is -0.345 e. The molecular weight excluding hydrogens is 436 g/mol. The lowest BCUT2D eigenvalue weighted by atomic mass is 9.76. The van der Waals surface area contributed by atoms with E-state index in [4.69, 9.17) is 23.2 Å². The van der Waals surface area contributed by atoms with Crippen molar-refractivity contribution in [3.8, 4) is 6.07 Å². The van der Waals surface area contributed by atoms with Crippen molar-refractivity contribution < 1.29 is 13.2 Å². The lowest BCUT2D eigenvalue weighted by molar-refractivity contribution is -0.183. The number of rotatable bonds is 5. The molecule has 0 bridgehead atoms. The summed E-state index contributed by atoms with van der Waals surface area (Å²) < 4.78 is 42.6. The van der Waals surface area contributed by atoms with Crippen LogP contribution >= 0.6 is 23.2 Å². The highest BCUT2D eigenvalue weighted by atomic mass is 35.5. The highest BCUT2D eigenvalue weighted by Gasteiger charge is 2.58. The molecule has 0 saturated carbocycles. The number of aliphatic imine (C=N–C) groups is 2. The highest BCUT2D eigenvalue weighted by molar-refractivity contribution is 6.34. The molecule has 1 aliphatic rings. The fraction of sp³-hybridized carbons (Fsp3) is 0.190. The summed E-state index contributed by atoms with van der Waals surface area (Å²) in [5, 5.41) is 12.5. The third kappa shape index (κ3) is 4.20. The van der Waals surface area contributed by atoms with E-state index in [1.54, 1.807) is 12.1 Å². The predicted molar refractivity (Wildman–Crippen MR) is 114 cm³/mol. The molecule has 1 atom stereocenters. The van der Waals surface area contributed by atoms with Gasteiger partial charge in [-0.15, -0.1) is 0 Å². The highest BCUT2D eigenvalue weighted by Crippen LogP contribution is 2.48. The Balaban J connectivity index is 1.97. The van der Waals surface area contributed by atoms with Crippen molar-refractivity contribution in [3.05, 3.63) is 75.9 Å². The van der Waals surface area contributed by atoms with E-state index >= 15 is 0 Å². The maximum atomic E-state index is 14.2. The van der Waals surface area contributed by atoms with Crippen molar-refractivity contribution in [2.45, 2.75) is 18.0 Å². The van der Waals surface area contributed by atoms with Crippen molar-refractivity contribution in [3.63, 3.8) is 0 Å². The van der Waals surface area contributed by atoms with E-state index < -0.39 is 18.1 Å². The zero-order valence-corrected chi connectivity index (χ0v) is 17.0. The van der Waals surface area contributed by atoms with E-state index in [2.05, 4.69) is 21.9 Å². The van der Waals surface area contributed by atoms with E-state index in [0.29, 0.717) is 11.3 Å². The van der Waals surface area contributed by atoms with E-state index in [1.165, 1.54) is 36.8 Å². The van der Waals surface area contributed by atoms with Crippen LogP contribution in [0, 0.1) is 11.3 Å². The van der Waals surface area contributed by atoms with Crippen LogP contribution in [0.3, 0.4) is 0 Å². The minimum atomic E-state index is -4.58. The molecule has 30 heavy (non-hydrogen) atoms. The number of nitrogens with one attached hydrogen (secondary N) is 1. The van der Waals surface area contributed by atoms with Gasteiger partial charge in [0.05, 0.1) is 24.1 Å². The summed E-state index contributed by atoms with van der Waals surface area (Å²) in [5.41, 5.74) is -0.860. The van der Waals surface area contributed by atoms with Crippen molar-refractivity contribution in [2.75, 3.05) is 11.9 Å². The average molecular weight is 451 g/mol. The van der Waals surface area contributed by atoms with Crippen LogP contribution in [0.1, 0.15) is 23.1 Å². The summed E-state index contributed by atoms with van der Waals surface area (Å²) in [4.78, 5) is 7.97. The maximum Gasteiger partial charge on any atom is 0.400 e. The number of anilines is 1. The van der Waals surface area contributed by atoms with Gasteiger partial charge in [0.15, 0.2) is 0 Å². The Morgan fingerprint density at radius 2 is 1.90 bits per heavy atom. The molecule has 0 radical (unpaired) electrons. The second kappa shape index (κ2) is 8.50. The summed E-state index contributed by atoms with van der Waals surface area (Å²) in [6.07, 6.45) is -2.29. The van der Waals surface area contributed by atoms with Crippen LogP contribution in [0.4, 0.5) is 18.9 Å². The lowest BCUT2D eigenvalue weighted by Crippen LogP contribution is -2.43. The van der Waals surface area contributed by atoms with Crippen LogP contribution in [-0.2, 0) is 5.41 Å². The average Bonchev–Trinajstić information content (AvgIpc) is 3.14. The van der Waals surface area contributed by atoms with Crippen molar-refractivity contribution in [2.24, 2.45) is 9.98 Å². The van der Waals surface area contributed by atoms with Crippen molar-refractivity contribution in [1.82, 2.24) is 0 Å². The van der Waals surface area contributed by atoms with E-state index in [-0.39, 0.29) is 33.3 Å². The number of halogens is 5. The zero-order chi connectivity index (χ0) is 21.9. The normalized spacial score (nSPS) is 18.9. The number of hydrogen-bond acceptors (Lipinski definition) is 3. The van der Waals surface area contributed by atoms with E-state index in [1.807, 2.05) is 6.07 Å². The number of nitriles is 1. The molecular formula is C21H15Cl2F3N4. The topological polar surface area (TPSA) is 60.5 Å². The first-order valence-corrected chi connectivity index (χ1v) is 9.46. The fourth-order valence-electron chi connectivity index (χ4n) is 3.30. The van der Waals surface area contributed by atoms with Gasteiger partial charge in [0.25, 0.3) is 0 Å². The molecule has 154 valence electrons. The largest absolute Gasteiger partial charge is 0.400 e. The zero-order valence-electron chi connectivity index (χ0n) is 15.5. The molecule has 1 unspecified atom stereocenters. The van der Waals surface area contributed by atoms with Crippen LogP contribution in [-0.4, -0.2) is 24.8 Å². The molecule has 2 aromatic rings. The van der Waals surface area contributed by atoms with Crippen LogP contribution < -0.4 is 5.32 Å². The molecule has 0 spiro atoms. The SMILES string of the molecule is C=CN=CNc1ccc(C2=NCC(c3cc(Cl)cc(Cl)c3)(C(F)(F)F)C2)cc1C#N. The standard InChI is InChI=1S/C21H15Cl2F3N4/c1-2-28-12-30-18-4-3-13(5-14(18)10-27)19-9-20(11-29-19,21(24,25)26)15-6-16(22)8-17(23)7-15/h2-8,12H,1,9,11H2,(H,28,30). The lowest BCUT2D eigenvalue weighted by Gasteiger charge is -2.31. The number of alkyl halides is 3. The van der Waals surface area contributed by atoms with Gasteiger partial charge in [0.1, 0.15) is 11.5 Å². The summed E-state index contributed by atoms with van der Waals surface area (Å²) in [5.74, 6) is 0. The van der Waals surface area contributed by atoms with Crippen molar-refractivity contribution >= 4 is 40.9 Å². The molecule has 1 heterocycles. The molecule has 1 N–H and O–H groups in total. The quantitative estimate of drug-likeness (QED) is 0.439. The molecule has 0 aromatic heterocycles. The molecule has 4 nitrogen and oxygen atoms in total. The Morgan fingerprint density at radius 1 is 1.20 bits per heavy atom. The molecule has 0 aliphatic carbocycles. The van der Waals surface area contributed by atoms with E-state index in [9.17, 15) is 18.4 Å². The predicted octanol–water partition coefficient (Wildman–Crippen LogP) is 6.14. The van der Waals surface area contributed by atoms with Gasteiger partial charge in [-0.25, -0.2) is 4.99 Å². The molecule has 0 amide bonds. The first-order chi connectivity index (χ1) is 14.2. The van der Waals surface area contributed by atoms with Gasteiger partial charge in [0, 0.05) is 28.4 Å². The summed E-state index contributed by atoms with van der Waals surface area (Å²) in [7, 11) is 0. The molecule has 0 saturated heterocycles. The Kier molecular flexibility index (Phi) is 6.20. The first kappa shape index (κ1) is 21.9. The fourth-order valence-corrected chi connectivity index (χ4v) is 3.83. The number of benzene rings is 2. The summed E-state index contributed by atoms with van der Waals surface area (Å²) >= 11 is 11.9. The van der Waals surface area contributed by atoms with Crippen LogP contribution in [0.2, 0.25) is 10.0 Å². The number of hydrogen-bond donors (Lipinski definition) is 1. The third-order valence-electron chi connectivity index (χ3n) is 4.84. The van der Waals surface area contributed by atoms with Crippen LogP contribution in [0.15, 0.2) is 59.2 Å². The number of nitrogens with zero attached hydrogens (tertiary/aromatic N) is 3. The second-order valence-corrected chi connectivity index (χ2v) is 7.53. The monoisotopic (exact) mass is 450 g/mol. The van der Waals surface area contributed by atoms with Gasteiger partial charge in [-0.1, -0.05) is 35.8 Å². The smallest absolute Gasteiger partial charge is 0.345 e. The Labute approximate surface area is 181 Å². The minimum absolute atomic E-state index is 0.0364. The van der Waals surface area contributed by atoms with Gasteiger partial charge in [-0.05, 0) is 41.5 Å². The van der Waals surface area contributed by atoms with Gasteiger partial charge >= 0.3 is 6.18 Å². The van der Waals surface area contributed by atoms with Gasteiger partial charge in [-0.3, -0.25) is 4.99 Å². The molecule has 1 aliphatic heterocycles. The summed E-state index contributed by atoms with van der Waals surface area (Å²) in [6.45, 7) is 2.95. The van der Waals surface area contributed by atoms with Gasteiger partial charge in [0.2, 0.25) is 0 Å². The second-order valence-electron chi connectivity index (χ2n) is 6.65. The first-order valence-electron chi connectivity index (χ1n) is 8.70. The molecule has 9 heteroatoms.